The Bertz CT molecular complexity index is 338. The number of hydrogen-bond acceptors (Lipinski definition) is 3. The lowest BCUT2D eigenvalue weighted by atomic mass is 10.0. The van der Waals surface area contributed by atoms with Crippen molar-refractivity contribution in [2.75, 3.05) is 13.7 Å². The molecule has 1 N–H and O–H groups in total. The van der Waals surface area contributed by atoms with Gasteiger partial charge in [0.2, 0.25) is 0 Å². The quantitative estimate of drug-likeness (QED) is 0.798. The Kier molecular flexibility index (Phi) is 3.43. The van der Waals surface area contributed by atoms with Gasteiger partial charge < -0.3 is 15.0 Å². The topological polar surface area (TPSA) is 41.6 Å². The van der Waals surface area contributed by atoms with E-state index in [0.29, 0.717) is 5.92 Å². The van der Waals surface area contributed by atoms with Crippen molar-refractivity contribution in [3.63, 3.8) is 0 Å². The van der Waals surface area contributed by atoms with Gasteiger partial charge in [0.15, 0.2) is 0 Å². The zero-order valence-corrected chi connectivity index (χ0v) is 11.1. The van der Waals surface area contributed by atoms with Gasteiger partial charge >= 0.3 is 0 Å². The zero-order valence-electron chi connectivity index (χ0n) is 11.1. The molecule has 96 valence electrons. The first-order chi connectivity index (χ1) is 8.02. The average Bonchev–Trinajstić information content (AvgIpc) is 3.01. The molecule has 0 aromatic rings. The molecule has 1 saturated carbocycles. The molecule has 0 radical (unpaired) electrons. The second kappa shape index (κ2) is 4.69. The summed E-state index contributed by atoms with van der Waals surface area (Å²) in [4.78, 5) is 14.3. The van der Waals surface area contributed by atoms with E-state index in [9.17, 15) is 4.79 Å². The van der Waals surface area contributed by atoms with Crippen molar-refractivity contribution in [1.82, 2.24) is 10.2 Å². The first-order valence-corrected chi connectivity index (χ1v) is 6.35. The van der Waals surface area contributed by atoms with E-state index in [1.54, 1.807) is 7.11 Å². The number of ether oxygens (including phenoxy) is 1. The minimum absolute atomic E-state index is 0.126. The number of nitrogens with zero attached hydrogens (tertiary/aromatic N) is 1. The molecule has 2 rings (SSSR count). The molecule has 0 spiro atoms. The Labute approximate surface area is 103 Å². The van der Waals surface area contributed by atoms with Crippen molar-refractivity contribution in [3.05, 3.63) is 11.8 Å². The number of methoxy groups -OCH3 is 1. The maximum atomic E-state index is 12.3. The van der Waals surface area contributed by atoms with Crippen molar-refractivity contribution >= 4 is 5.91 Å². The third kappa shape index (κ3) is 2.63. The van der Waals surface area contributed by atoms with Gasteiger partial charge in [-0.25, -0.2) is 0 Å². The third-order valence-electron chi connectivity index (χ3n) is 3.27. The lowest BCUT2D eigenvalue weighted by molar-refractivity contribution is -0.130. The molecule has 3 atom stereocenters. The summed E-state index contributed by atoms with van der Waals surface area (Å²) in [5, 5.41) is 3.24. The van der Waals surface area contributed by atoms with Crippen molar-refractivity contribution in [2.24, 2.45) is 5.92 Å². The standard InChI is InChI=1S/C13H22N2O2/c1-8(2)14-10-5-9(3)7-15(13(10)16)11-6-12(11)17-4/h5,8-9,11-12,14H,6-7H2,1-4H3. The minimum atomic E-state index is 0.126. The van der Waals surface area contributed by atoms with Gasteiger partial charge in [-0.05, 0) is 26.2 Å². The van der Waals surface area contributed by atoms with E-state index >= 15 is 0 Å². The fourth-order valence-electron chi connectivity index (χ4n) is 2.40. The van der Waals surface area contributed by atoms with Crippen LogP contribution < -0.4 is 5.32 Å². The van der Waals surface area contributed by atoms with E-state index < -0.39 is 0 Å². The summed E-state index contributed by atoms with van der Waals surface area (Å²) in [5.41, 5.74) is 0.750. The molecule has 17 heavy (non-hydrogen) atoms. The molecule has 3 unspecified atom stereocenters. The summed E-state index contributed by atoms with van der Waals surface area (Å²) in [6.07, 6.45) is 3.26. The van der Waals surface area contributed by atoms with Crippen LogP contribution in [0.3, 0.4) is 0 Å². The van der Waals surface area contributed by atoms with Crippen molar-refractivity contribution in [3.8, 4) is 0 Å². The Balaban J connectivity index is 2.07. The van der Waals surface area contributed by atoms with Gasteiger partial charge in [-0.15, -0.1) is 0 Å². The van der Waals surface area contributed by atoms with E-state index in [2.05, 4.69) is 12.2 Å². The van der Waals surface area contributed by atoms with E-state index in [1.807, 2.05) is 24.8 Å². The Hall–Kier alpha value is -1.03. The van der Waals surface area contributed by atoms with Crippen molar-refractivity contribution in [1.29, 1.82) is 0 Å². The molecule has 1 heterocycles. The number of hydrogen-bond donors (Lipinski definition) is 1. The van der Waals surface area contributed by atoms with Crippen LogP contribution in [0.15, 0.2) is 11.8 Å². The van der Waals surface area contributed by atoms with Gasteiger partial charge in [0.25, 0.3) is 5.91 Å². The lowest BCUT2D eigenvalue weighted by Gasteiger charge is -2.32. The molecule has 0 saturated heterocycles. The Morgan fingerprint density at radius 1 is 1.53 bits per heavy atom. The third-order valence-corrected chi connectivity index (χ3v) is 3.27. The predicted octanol–water partition coefficient (Wildman–Crippen LogP) is 1.13. The van der Waals surface area contributed by atoms with Gasteiger partial charge in [-0.2, -0.15) is 0 Å². The van der Waals surface area contributed by atoms with Gasteiger partial charge in [0.1, 0.15) is 0 Å². The highest BCUT2D eigenvalue weighted by molar-refractivity contribution is 5.94. The summed E-state index contributed by atoms with van der Waals surface area (Å²) in [7, 11) is 1.71. The molecular weight excluding hydrogens is 216 g/mol. The molecule has 0 aromatic heterocycles. The fourth-order valence-corrected chi connectivity index (χ4v) is 2.40. The largest absolute Gasteiger partial charge is 0.379 e. The molecule has 1 aliphatic heterocycles. The van der Waals surface area contributed by atoms with Crippen LogP contribution in [0, 0.1) is 5.92 Å². The maximum Gasteiger partial charge on any atom is 0.269 e. The summed E-state index contributed by atoms with van der Waals surface area (Å²) in [6, 6.07) is 0.572. The van der Waals surface area contributed by atoms with Crippen LogP contribution in [-0.2, 0) is 9.53 Å². The SMILES string of the molecule is COC1CC1N1CC(C)C=C(NC(C)C)C1=O. The molecule has 0 bridgehead atoms. The van der Waals surface area contributed by atoms with Crippen LogP contribution in [0.5, 0.6) is 0 Å². The van der Waals surface area contributed by atoms with Gasteiger partial charge in [0, 0.05) is 19.7 Å². The normalized spacial score (nSPS) is 32.8. The average molecular weight is 238 g/mol. The second-order valence-corrected chi connectivity index (χ2v) is 5.39. The molecule has 4 nitrogen and oxygen atoms in total. The van der Waals surface area contributed by atoms with Crippen molar-refractivity contribution < 1.29 is 9.53 Å². The minimum Gasteiger partial charge on any atom is -0.379 e. The summed E-state index contributed by atoms with van der Waals surface area (Å²) in [6.45, 7) is 7.05. The van der Waals surface area contributed by atoms with Gasteiger partial charge in [-0.3, -0.25) is 4.79 Å². The van der Waals surface area contributed by atoms with Crippen LogP contribution in [0.1, 0.15) is 27.2 Å². The van der Waals surface area contributed by atoms with Gasteiger partial charge in [0.05, 0.1) is 17.8 Å². The molecule has 1 aliphatic carbocycles. The Morgan fingerprint density at radius 3 is 2.76 bits per heavy atom. The fraction of sp³-hybridized carbons (Fsp3) is 0.769. The molecule has 1 amide bonds. The van der Waals surface area contributed by atoms with Crippen LogP contribution in [0.25, 0.3) is 0 Å². The van der Waals surface area contributed by atoms with Crippen LogP contribution in [0.4, 0.5) is 0 Å². The summed E-state index contributed by atoms with van der Waals surface area (Å²) < 4.78 is 5.29. The van der Waals surface area contributed by atoms with Crippen molar-refractivity contribution in [2.45, 2.75) is 45.4 Å². The molecule has 1 fully saturated rings. The van der Waals surface area contributed by atoms with E-state index in [4.69, 9.17) is 4.74 Å². The second-order valence-electron chi connectivity index (χ2n) is 5.39. The van der Waals surface area contributed by atoms with E-state index in [-0.39, 0.29) is 24.1 Å². The van der Waals surface area contributed by atoms with E-state index in [0.717, 1.165) is 18.7 Å². The van der Waals surface area contributed by atoms with E-state index in [1.165, 1.54) is 0 Å². The van der Waals surface area contributed by atoms with Crippen LogP contribution in [-0.4, -0.2) is 42.6 Å². The Morgan fingerprint density at radius 2 is 2.24 bits per heavy atom. The number of carbonyl (C=O) groups is 1. The first kappa shape index (κ1) is 12.4. The highest BCUT2D eigenvalue weighted by Crippen LogP contribution is 2.33. The maximum absolute atomic E-state index is 12.3. The summed E-state index contributed by atoms with van der Waals surface area (Å²) in [5.74, 6) is 0.536. The zero-order chi connectivity index (χ0) is 12.6. The lowest BCUT2D eigenvalue weighted by Crippen LogP contribution is -2.46. The monoisotopic (exact) mass is 238 g/mol. The smallest absolute Gasteiger partial charge is 0.269 e. The van der Waals surface area contributed by atoms with Gasteiger partial charge in [-0.1, -0.05) is 13.0 Å². The first-order valence-electron chi connectivity index (χ1n) is 6.35. The summed E-state index contributed by atoms with van der Waals surface area (Å²) >= 11 is 0. The highest BCUT2D eigenvalue weighted by Gasteiger charge is 2.46. The number of nitrogens with one attached hydrogen (secondary N) is 1. The van der Waals surface area contributed by atoms with Crippen LogP contribution in [0.2, 0.25) is 0 Å². The molecule has 4 heteroatoms. The van der Waals surface area contributed by atoms with Crippen LogP contribution >= 0.6 is 0 Å². The molecule has 0 aromatic carbocycles. The number of rotatable bonds is 4. The molecule has 2 aliphatic rings. The number of carbonyl (C=O) groups excluding carboxylic acids is 1. The highest BCUT2D eigenvalue weighted by atomic mass is 16.5. The number of amides is 1. The predicted molar refractivity (Wildman–Crippen MR) is 66.4 cm³/mol. The molecular formula is C13H22N2O2.